The van der Waals surface area contributed by atoms with E-state index in [0.717, 1.165) is 0 Å². The average Bonchev–Trinajstić information content (AvgIpc) is 2.78. The van der Waals surface area contributed by atoms with Gasteiger partial charge in [-0.2, -0.15) is 0 Å². The topological polar surface area (TPSA) is 58.6 Å². The Bertz CT molecular complexity index is 562. The van der Waals surface area contributed by atoms with E-state index in [1.807, 2.05) is 0 Å². The molecule has 0 saturated carbocycles. The average molecular weight is 294 g/mol. The molecule has 1 heterocycles. The normalized spacial score (nSPS) is 19.5. The van der Waals surface area contributed by atoms with Crippen LogP contribution in [0, 0.1) is 11.7 Å². The molecule has 2 amide bonds. The maximum absolute atomic E-state index is 13.4. The molecule has 21 heavy (non-hydrogen) atoms. The molecule has 0 aromatic heterocycles. The van der Waals surface area contributed by atoms with Gasteiger partial charge in [0.05, 0.1) is 19.1 Å². The van der Waals surface area contributed by atoms with Gasteiger partial charge in [-0.3, -0.25) is 9.59 Å². The summed E-state index contributed by atoms with van der Waals surface area (Å²) in [5, 5.41) is 2.82. The predicted octanol–water partition coefficient (Wildman–Crippen LogP) is 1.49. The van der Waals surface area contributed by atoms with E-state index in [9.17, 15) is 14.0 Å². The number of amides is 2. The Kier molecular flexibility index (Phi) is 4.45. The van der Waals surface area contributed by atoms with Crippen LogP contribution >= 0.6 is 0 Å². The number of hydrogen-bond acceptors (Lipinski definition) is 3. The molecule has 0 bridgehead atoms. The fourth-order valence-corrected chi connectivity index (χ4v) is 2.49. The van der Waals surface area contributed by atoms with Crippen molar-refractivity contribution in [2.75, 3.05) is 20.7 Å². The van der Waals surface area contributed by atoms with Gasteiger partial charge in [0.2, 0.25) is 11.8 Å². The van der Waals surface area contributed by atoms with E-state index in [1.165, 1.54) is 30.2 Å². The highest BCUT2D eigenvalue weighted by atomic mass is 19.1. The van der Waals surface area contributed by atoms with Crippen molar-refractivity contribution in [3.05, 3.63) is 29.6 Å². The summed E-state index contributed by atoms with van der Waals surface area (Å²) in [6.07, 6.45) is 0.218. The highest BCUT2D eigenvalue weighted by Gasteiger charge is 2.32. The fourth-order valence-electron chi connectivity index (χ4n) is 2.49. The van der Waals surface area contributed by atoms with Gasteiger partial charge in [-0.05, 0) is 25.1 Å². The molecule has 1 aliphatic rings. The quantitative estimate of drug-likeness (QED) is 0.915. The monoisotopic (exact) mass is 294 g/mol. The maximum Gasteiger partial charge on any atom is 0.225 e. The molecule has 2 atom stereocenters. The molecule has 0 aliphatic carbocycles. The number of benzene rings is 1. The van der Waals surface area contributed by atoms with Crippen molar-refractivity contribution in [3.8, 4) is 5.75 Å². The van der Waals surface area contributed by atoms with Crippen LogP contribution < -0.4 is 10.1 Å². The Hall–Kier alpha value is -2.11. The SMILES string of the molecule is COc1ccc(F)cc1C(C)NC(=O)C1CC(=O)N(C)C1. The lowest BCUT2D eigenvalue weighted by Crippen LogP contribution is -2.34. The molecule has 0 spiro atoms. The summed E-state index contributed by atoms with van der Waals surface area (Å²) in [5.41, 5.74) is 0.573. The molecule has 6 heteroatoms. The highest BCUT2D eigenvalue weighted by Crippen LogP contribution is 2.26. The molecule has 1 N–H and O–H groups in total. The number of likely N-dealkylation sites (tertiary alicyclic amines) is 1. The minimum Gasteiger partial charge on any atom is -0.496 e. The molecule has 5 nitrogen and oxygen atoms in total. The van der Waals surface area contributed by atoms with Crippen LogP contribution in [-0.2, 0) is 9.59 Å². The van der Waals surface area contributed by atoms with Crippen LogP contribution in [0.3, 0.4) is 0 Å². The zero-order valence-electron chi connectivity index (χ0n) is 12.4. The number of ether oxygens (including phenoxy) is 1. The predicted molar refractivity (Wildman–Crippen MR) is 75.3 cm³/mol. The Labute approximate surface area is 123 Å². The van der Waals surface area contributed by atoms with E-state index in [1.54, 1.807) is 14.0 Å². The lowest BCUT2D eigenvalue weighted by molar-refractivity contribution is -0.128. The molecule has 2 rings (SSSR count). The Morgan fingerprint density at radius 2 is 2.24 bits per heavy atom. The Morgan fingerprint density at radius 1 is 1.52 bits per heavy atom. The van der Waals surface area contributed by atoms with Crippen LogP contribution in [0.25, 0.3) is 0 Å². The van der Waals surface area contributed by atoms with E-state index in [0.29, 0.717) is 17.9 Å². The van der Waals surface area contributed by atoms with Gasteiger partial charge in [0.25, 0.3) is 0 Å². The molecule has 114 valence electrons. The largest absolute Gasteiger partial charge is 0.496 e. The third-order valence-electron chi connectivity index (χ3n) is 3.73. The van der Waals surface area contributed by atoms with Crippen LogP contribution in [0.5, 0.6) is 5.75 Å². The lowest BCUT2D eigenvalue weighted by atomic mass is 10.0. The summed E-state index contributed by atoms with van der Waals surface area (Å²) in [6.45, 7) is 2.17. The van der Waals surface area contributed by atoms with Gasteiger partial charge in [0, 0.05) is 25.6 Å². The summed E-state index contributed by atoms with van der Waals surface area (Å²) in [4.78, 5) is 25.2. The van der Waals surface area contributed by atoms with Crippen molar-refractivity contribution in [3.63, 3.8) is 0 Å². The third-order valence-corrected chi connectivity index (χ3v) is 3.73. The molecule has 2 unspecified atom stereocenters. The molecule has 1 aromatic rings. The van der Waals surface area contributed by atoms with Gasteiger partial charge in [0.15, 0.2) is 0 Å². The number of nitrogens with zero attached hydrogens (tertiary/aromatic N) is 1. The van der Waals surface area contributed by atoms with Gasteiger partial charge < -0.3 is 15.0 Å². The minimum atomic E-state index is -0.399. The Balaban J connectivity index is 2.08. The van der Waals surface area contributed by atoms with E-state index in [4.69, 9.17) is 4.74 Å². The molecule has 0 radical (unpaired) electrons. The van der Waals surface area contributed by atoms with Crippen LogP contribution in [0.2, 0.25) is 0 Å². The second-order valence-electron chi connectivity index (χ2n) is 5.29. The highest BCUT2D eigenvalue weighted by molar-refractivity contribution is 5.89. The van der Waals surface area contributed by atoms with Crippen molar-refractivity contribution < 1.29 is 18.7 Å². The summed E-state index contributed by atoms with van der Waals surface area (Å²) in [7, 11) is 3.17. The standard InChI is InChI=1S/C15H19FN2O3/c1-9(12-7-11(16)4-5-13(12)21-3)17-15(20)10-6-14(19)18(2)8-10/h4-5,7,9-10H,6,8H2,1-3H3,(H,17,20). The van der Waals surface area contributed by atoms with Gasteiger partial charge in [-0.25, -0.2) is 4.39 Å². The number of rotatable bonds is 4. The Morgan fingerprint density at radius 3 is 2.81 bits per heavy atom. The summed E-state index contributed by atoms with van der Waals surface area (Å²) in [5.74, 6) is -0.464. The van der Waals surface area contributed by atoms with Crippen LogP contribution in [0.1, 0.15) is 24.9 Å². The second kappa shape index (κ2) is 6.11. The number of nitrogens with one attached hydrogen (secondary N) is 1. The van der Waals surface area contributed by atoms with E-state index in [2.05, 4.69) is 5.32 Å². The minimum absolute atomic E-state index is 0.0360. The number of halogens is 1. The number of carbonyl (C=O) groups excluding carboxylic acids is 2. The van der Waals surface area contributed by atoms with Gasteiger partial charge in [0.1, 0.15) is 11.6 Å². The first-order chi connectivity index (χ1) is 9.92. The summed E-state index contributed by atoms with van der Waals surface area (Å²) >= 11 is 0. The number of methoxy groups -OCH3 is 1. The maximum atomic E-state index is 13.4. The lowest BCUT2D eigenvalue weighted by Gasteiger charge is -2.19. The zero-order valence-corrected chi connectivity index (χ0v) is 12.4. The molecular weight excluding hydrogens is 275 g/mol. The summed E-state index contributed by atoms with van der Waals surface area (Å²) < 4.78 is 18.5. The van der Waals surface area contributed by atoms with E-state index in [-0.39, 0.29) is 30.0 Å². The first-order valence-corrected chi connectivity index (χ1v) is 6.80. The van der Waals surface area contributed by atoms with Gasteiger partial charge in [-0.1, -0.05) is 0 Å². The van der Waals surface area contributed by atoms with Crippen LogP contribution in [-0.4, -0.2) is 37.4 Å². The number of hydrogen-bond donors (Lipinski definition) is 1. The number of carbonyl (C=O) groups is 2. The van der Waals surface area contributed by atoms with Gasteiger partial charge in [-0.15, -0.1) is 0 Å². The molecular formula is C15H19FN2O3. The molecule has 1 aliphatic heterocycles. The van der Waals surface area contributed by atoms with Crippen molar-refractivity contribution in [1.29, 1.82) is 0 Å². The fraction of sp³-hybridized carbons (Fsp3) is 0.467. The van der Waals surface area contributed by atoms with Crippen LogP contribution in [0.15, 0.2) is 18.2 Å². The third kappa shape index (κ3) is 3.32. The molecule has 1 saturated heterocycles. The van der Waals surface area contributed by atoms with Crippen molar-refractivity contribution >= 4 is 11.8 Å². The van der Waals surface area contributed by atoms with Crippen molar-refractivity contribution in [2.24, 2.45) is 5.92 Å². The molecule has 1 fully saturated rings. The first-order valence-electron chi connectivity index (χ1n) is 6.80. The molecule has 1 aromatic carbocycles. The first kappa shape index (κ1) is 15.3. The van der Waals surface area contributed by atoms with Crippen molar-refractivity contribution in [2.45, 2.75) is 19.4 Å². The van der Waals surface area contributed by atoms with Crippen LogP contribution in [0.4, 0.5) is 4.39 Å². The zero-order chi connectivity index (χ0) is 15.6. The van der Waals surface area contributed by atoms with E-state index >= 15 is 0 Å². The van der Waals surface area contributed by atoms with Crippen molar-refractivity contribution in [1.82, 2.24) is 10.2 Å². The van der Waals surface area contributed by atoms with Gasteiger partial charge >= 0.3 is 0 Å². The summed E-state index contributed by atoms with van der Waals surface area (Å²) in [6, 6.07) is 3.78. The smallest absolute Gasteiger partial charge is 0.225 e. The van der Waals surface area contributed by atoms with E-state index < -0.39 is 6.04 Å². The second-order valence-corrected chi connectivity index (χ2v) is 5.29.